The van der Waals surface area contributed by atoms with E-state index in [4.69, 9.17) is 11.6 Å². The number of nitrogens with one attached hydrogen (secondary N) is 1. The van der Waals surface area contributed by atoms with Gasteiger partial charge in [-0.2, -0.15) is 0 Å². The number of benzene rings is 1. The van der Waals surface area contributed by atoms with Crippen LogP contribution in [-0.2, 0) is 14.8 Å². The van der Waals surface area contributed by atoms with Crippen LogP contribution in [0.4, 0.5) is 5.69 Å². The predicted octanol–water partition coefficient (Wildman–Crippen LogP) is 2.36. The SMILES string of the molecule is CN(C)S(=O)(=O)c1ccc(Cl)c(NC(=O)CSC2=NCCS2)c1. The lowest BCUT2D eigenvalue weighted by atomic mass is 10.3. The maximum Gasteiger partial charge on any atom is 0.242 e. The molecule has 0 aliphatic carbocycles. The molecule has 0 atom stereocenters. The summed E-state index contributed by atoms with van der Waals surface area (Å²) in [5.74, 6) is 0.888. The molecule has 6 nitrogen and oxygen atoms in total. The van der Waals surface area contributed by atoms with Gasteiger partial charge >= 0.3 is 0 Å². The minimum atomic E-state index is -3.58. The number of nitrogens with zero attached hydrogens (tertiary/aromatic N) is 2. The molecule has 1 N–H and O–H groups in total. The second-order valence-corrected chi connectivity index (χ2v) is 9.63. The molecule has 2 rings (SSSR count). The Bertz CT molecular complexity index is 735. The molecular formula is C13H16ClN3O3S3. The van der Waals surface area contributed by atoms with Crippen LogP contribution in [0.15, 0.2) is 28.1 Å². The van der Waals surface area contributed by atoms with Crippen LogP contribution in [0.25, 0.3) is 0 Å². The minimum absolute atomic E-state index is 0.0746. The standard InChI is InChI=1S/C13H16ClN3O3S3/c1-17(2)23(19,20)9-3-4-10(14)11(7-9)16-12(18)8-22-13-15-5-6-21-13/h3-4,7H,5-6,8H2,1-2H3,(H,16,18). The van der Waals surface area contributed by atoms with E-state index in [1.165, 1.54) is 44.1 Å². The van der Waals surface area contributed by atoms with Crippen LogP contribution < -0.4 is 5.32 Å². The monoisotopic (exact) mass is 393 g/mol. The number of carbonyl (C=O) groups excluding carboxylic acids is 1. The van der Waals surface area contributed by atoms with Gasteiger partial charge in [-0.15, -0.1) is 0 Å². The summed E-state index contributed by atoms with van der Waals surface area (Å²) in [6.45, 7) is 0.783. The fourth-order valence-electron chi connectivity index (χ4n) is 1.69. The highest BCUT2D eigenvalue weighted by molar-refractivity contribution is 8.39. The number of sulfonamides is 1. The molecule has 0 saturated carbocycles. The summed E-state index contributed by atoms with van der Waals surface area (Å²) < 4.78 is 26.3. The van der Waals surface area contributed by atoms with Crippen molar-refractivity contribution in [1.82, 2.24) is 4.31 Å². The Labute approximate surface area is 149 Å². The van der Waals surface area contributed by atoms with E-state index >= 15 is 0 Å². The fraction of sp³-hybridized carbons (Fsp3) is 0.385. The lowest BCUT2D eigenvalue weighted by Gasteiger charge is -2.13. The fourth-order valence-corrected chi connectivity index (χ4v) is 4.59. The smallest absolute Gasteiger partial charge is 0.242 e. The van der Waals surface area contributed by atoms with Crippen molar-refractivity contribution in [2.45, 2.75) is 4.90 Å². The first kappa shape index (κ1) is 18.6. The zero-order chi connectivity index (χ0) is 17.0. The Kier molecular flexibility index (Phi) is 6.38. The van der Waals surface area contributed by atoms with Gasteiger partial charge in [0.2, 0.25) is 15.9 Å². The third-order valence-corrected chi connectivity index (χ3v) is 7.27. The summed E-state index contributed by atoms with van der Waals surface area (Å²) in [4.78, 5) is 16.3. The average Bonchev–Trinajstić information content (AvgIpc) is 3.00. The topological polar surface area (TPSA) is 78.8 Å². The Morgan fingerprint density at radius 2 is 2.22 bits per heavy atom. The highest BCUT2D eigenvalue weighted by Gasteiger charge is 2.19. The van der Waals surface area contributed by atoms with Crippen molar-refractivity contribution in [3.05, 3.63) is 23.2 Å². The first-order chi connectivity index (χ1) is 10.8. The third-order valence-electron chi connectivity index (χ3n) is 2.87. The normalized spacial score (nSPS) is 14.9. The maximum absolute atomic E-state index is 12.1. The van der Waals surface area contributed by atoms with Gasteiger partial charge in [0, 0.05) is 19.8 Å². The summed E-state index contributed by atoms with van der Waals surface area (Å²) in [6.07, 6.45) is 0. The van der Waals surface area contributed by atoms with E-state index in [0.717, 1.165) is 21.0 Å². The van der Waals surface area contributed by atoms with Crippen molar-refractivity contribution in [1.29, 1.82) is 0 Å². The molecule has 10 heteroatoms. The van der Waals surface area contributed by atoms with Crippen molar-refractivity contribution in [3.63, 3.8) is 0 Å². The van der Waals surface area contributed by atoms with Gasteiger partial charge in [-0.05, 0) is 18.2 Å². The second-order valence-electron chi connectivity index (χ2n) is 4.76. The van der Waals surface area contributed by atoms with E-state index in [9.17, 15) is 13.2 Å². The summed E-state index contributed by atoms with van der Waals surface area (Å²) in [5, 5.41) is 2.93. The van der Waals surface area contributed by atoms with Crippen LogP contribution in [0.3, 0.4) is 0 Å². The molecule has 1 heterocycles. The summed E-state index contributed by atoms with van der Waals surface area (Å²) in [7, 11) is -0.695. The highest BCUT2D eigenvalue weighted by atomic mass is 35.5. The van der Waals surface area contributed by atoms with E-state index in [-0.39, 0.29) is 27.3 Å². The van der Waals surface area contributed by atoms with Crippen molar-refractivity contribution < 1.29 is 13.2 Å². The van der Waals surface area contributed by atoms with Gasteiger partial charge in [0.05, 0.1) is 27.9 Å². The number of hydrogen-bond acceptors (Lipinski definition) is 6. The zero-order valence-corrected chi connectivity index (χ0v) is 15.8. The Balaban J connectivity index is 2.08. The molecule has 1 aromatic rings. The molecule has 0 saturated heterocycles. The van der Waals surface area contributed by atoms with Crippen LogP contribution in [0.1, 0.15) is 0 Å². The van der Waals surface area contributed by atoms with Crippen LogP contribution in [-0.4, -0.2) is 55.2 Å². The quantitative estimate of drug-likeness (QED) is 0.830. The molecule has 1 amide bonds. The molecule has 0 bridgehead atoms. The van der Waals surface area contributed by atoms with Gasteiger partial charge in [0.15, 0.2) is 0 Å². The molecule has 0 radical (unpaired) electrons. The van der Waals surface area contributed by atoms with Gasteiger partial charge in [-0.3, -0.25) is 9.79 Å². The predicted molar refractivity (Wildman–Crippen MR) is 98.2 cm³/mol. The summed E-state index contributed by atoms with van der Waals surface area (Å²) >= 11 is 9.03. The molecule has 0 fully saturated rings. The van der Waals surface area contributed by atoms with E-state index in [1.807, 2.05) is 0 Å². The second kappa shape index (κ2) is 7.89. The van der Waals surface area contributed by atoms with Gasteiger partial charge in [0.25, 0.3) is 0 Å². The Morgan fingerprint density at radius 3 is 2.83 bits per heavy atom. The lowest BCUT2D eigenvalue weighted by Crippen LogP contribution is -2.22. The molecule has 23 heavy (non-hydrogen) atoms. The Morgan fingerprint density at radius 1 is 1.48 bits per heavy atom. The van der Waals surface area contributed by atoms with Crippen molar-refractivity contribution in [3.8, 4) is 0 Å². The highest BCUT2D eigenvalue weighted by Crippen LogP contribution is 2.27. The number of halogens is 1. The molecule has 0 aromatic heterocycles. The largest absolute Gasteiger partial charge is 0.324 e. The number of thioether (sulfide) groups is 2. The van der Waals surface area contributed by atoms with Crippen LogP contribution in [0.5, 0.6) is 0 Å². The molecular weight excluding hydrogens is 378 g/mol. The van der Waals surface area contributed by atoms with Gasteiger partial charge in [-0.25, -0.2) is 12.7 Å². The van der Waals surface area contributed by atoms with Gasteiger partial charge < -0.3 is 5.32 Å². The van der Waals surface area contributed by atoms with Crippen LogP contribution >= 0.6 is 35.1 Å². The van der Waals surface area contributed by atoms with E-state index in [2.05, 4.69) is 10.3 Å². The van der Waals surface area contributed by atoms with E-state index in [0.29, 0.717) is 0 Å². The van der Waals surface area contributed by atoms with E-state index < -0.39 is 10.0 Å². The van der Waals surface area contributed by atoms with Crippen molar-refractivity contribution >= 4 is 61.1 Å². The van der Waals surface area contributed by atoms with E-state index in [1.54, 1.807) is 11.8 Å². The number of rotatable bonds is 5. The Hall–Kier alpha value is -0.740. The molecule has 126 valence electrons. The minimum Gasteiger partial charge on any atom is -0.324 e. The van der Waals surface area contributed by atoms with Crippen LogP contribution in [0, 0.1) is 0 Å². The number of carbonyl (C=O) groups is 1. The molecule has 0 unspecified atom stereocenters. The number of anilines is 1. The first-order valence-electron chi connectivity index (χ1n) is 6.62. The number of amides is 1. The van der Waals surface area contributed by atoms with Crippen molar-refractivity contribution in [2.75, 3.05) is 37.5 Å². The number of hydrogen-bond donors (Lipinski definition) is 1. The van der Waals surface area contributed by atoms with Crippen LogP contribution in [0.2, 0.25) is 5.02 Å². The lowest BCUT2D eigenvalue weighted by molar-refractivity contribution is -0.113. The molecule has 0 spiro atoms. The van der Waals surface area contributed by atoms with Gasteiger partial charge in [-0.1, -0.05) is 35.1 Å². The van der Waals surface area contributed by atoms with Gasteiger partial charge in [0.1, 0.15) is 4.38 Å². The maximum atomic E-state index is 12.1. The first-order valence-corrected chi connectivity index (χ1v) is 10.4. The molecule has 1 aromatic carbocycles. The van der Waals surface area contributed by atoms with Crippen molar-refractivity contribution in [2.24, 2.45) is 4.99 Å². The molecule has 1 aliphatic rings. The summed E-state index contributed by atoms with van der Waals surface area (Å²) in [5.41, 5.74) is 0.279. The molecule has 1 aliphatic heterocycles. The zero-order valence-electron chi connectivity index (χ0n) is 12.6. The summed E-state index contributed by atoms with van der Waals surface area (Å²) in [6, 6.07) is 4.23. The third kappa shape index (κ3) is 4.87. The number of aliphatic imine (C=N–C) groups is 1. The average molecular weight is 394 g/mol.